The number of piperidine rings is 1. The summed E-state index contributed by atoms with van der Waals surface area (Å²) in [6.45, 7) is 2.88. The lowest BCUT2D eigenvalue weighted by Crippen LogP contribution is -2.35. The summed E-state index contributed by atoms with van der Waals surface area (Å²) in [6, 6.07) is 10.8. The Bertz CT molecular complexity index is 865. The molecule has 1 unspecified atom stereocenters. The van der Waals surface area contributed by atoms with E-state index in [-0.39, 0.29) is 0 Å². The van der Waals surface area contributed by atoms with E-state index in [1.807, 2.05) is 41.3 Å². The fourth-order valence-corrected chi connectivity index (χ4v) is 3.86. The van der Waals surface area contributed by atoms with E-state index in [9.17, 15) is 0 Å². The zero-order valence-corrected chi connectivity index (χ0v) is 14.8. The Morgan fingerprint density at radius 2 is 1.92 bits per heavy atom. The lowest BCUT2D eigenvalue weighted by Gasteiger charge is -2.31. The largest absolute Gasteiger partial charge is 0.314 e. The normalized spacial score (nSPS) is 21.2. The van der Waals surface area contributed by atoms with Gasteiger partial charge in [-0.1, -0.05) is 18.2 Å². The number of aromatic nitrogens is 6. The van der Waals surface area contributed by atoms with E-state index >= 15 is 0 Å². The van der Waals surface area contributed by atoms with Crippen molar-refractivity contribution < 1.29 is 0 Å². The third-order valence-corrected chi connectivity index (χ3v) is 5.34. The average Bonchev–Trinajstić information content (AvgIpc) is 3.22. The highest BCUT2D eigenvalue weighted by molar-refractivity contribution is 5.29. The molecule has 2 aliphatic rings. The first-order valence-electron chi connectivity index (χ1n) is 9.44. The second kappa shape index (κ2) is 6.64. The monoisotopic (exact) mass is 349 g/mol. The summed E-state index contributed by atoms with van der Waals surface area (Å²) < 4.78 is 4.15. The van der Waals surface area contributed by atoms with Crippen molar-refractivity contribution in [3.8, 4) is 5.69 Å². The summed E-state index contributed by atoms with van der Waals surface area (Å²) in [6.07, 6.45) is 8.62. The molecule has 1 saturated carbocycles. The molecule has 2 aromatic heterocycles. The predicted molar refractivity (Wildman–Crippen MR) is 96.9 cm³/mol. The molecule has 0 N–H and O–H groups in total. The minimum Gasteiger partial charge on any atom is -0.314 e. The lowest BCUT2D eigenvalue weighted by atomic mass is 9.97. The van der Waals surface area contributed by atoms with Gasteiger partial charge in [0.05, 0.1) is 12.2 Å². The molecule has 1 aliphatic heterocycles. The third-order valence-electron chi connectivity index (χ3n) is 5.34. The van der Waals surface area contributed by atoms with Crippen LogP contribution < -0.4 is 0 Å². The second-order valence-corrected chi connectivity index (χ2v) is 7.34. The van der Waals surface area contributed by atoms with Crippen LogP contribution in [0, 0.1) is 0 Å². The topological polar surface area (TPSA) is 64.7 Å². The maximum Gasteiger partial charge on any atom is 0.164 e. The molecule has 1 aliphatic carbocycles. The number of hydrogen-bond donors (Lipinski definition) is 0. The molecule has 0 spiro atoms. The summed E-state index contributed by atoms with van der Waals surface area (Å²) in [5, 5.41) is 13.3. The molecule has 7 nitrogen and oxygen atoms in total. The minimum absolute atomic E-state index is 0.461. The lowest BCUT2D eigenvalue weighted by molar-refractivity contribution is 0.190. The zero-order valence-electron chi connectivity index (χ0n) is 14.8. The van der Waals surface area contributed by atoms with E-state index in [2.05, 4.69) is 29.7 Å². The van der Waals surface area contributed by atoms with Gasteiger partial charge in [0, 0.05) is 18.5 Å². The van der Waals surface area contributed by atoms with Crippen molar-refractivity contribution in [3.63, 3.8) is 0 Å². The maximum absolute atomic E-state index is 4.65. The molecular formula is C19H23N7. The van der Waals surface area contributed by atoms with Crippen molar-refractivity contribution in [2.24, 2.45) is 0 Å². The van der Waals surface area contributed by atoms with Crippen molar-refractivity contribution >= 4 is 0 Å². The van der Waals surface area contributed by atoms with Crippen LogP contribution in [-0.2, 0) is 6.54 Å². The molecule has 1 atom stereocenters. The summed E-state index contributed by atoms with van der Waals surface area (Å²) in [7, 11) is 0. The number of para-hydroxylation sites is 1. The van der Waals surface area contributed by atoms with Crippen LogP contribution in [0.5, 0.6) is 0 Å². The van der Waals surface area contributed by atoms with Crippen LogP contribution in [0.3, 0.4) is 0 Å². The summed E-state index contributed by atoms with van der Waals surface area (Å²) in [5.41, 5.74) is 1.04. The van der Waals surface area contributed by atoms with Gasteiger partial charge in [-0.2, -0.15) is 0 Å². The molecule has 5 rings (SSSR count). The fourth-order valence-electron chi connectivity index (χ4n) is 3.86. The SMILES string of the molecule is c1ccc(-n2cnc(CN3CCCC(c4nncn4C4CC4)C3)n2)cc1. The number of nitrogens with zero attached hydrogens (tertiary/aromatic N) is 7. The van der Waals surface area contributed by atoms with E-state index in [0.29, 0.717) is 12.0 Å². The Labute approximate surface area is 152 Å². The van der Waals surface area contributed by atoms with Gasteiger partial charge in [-0.05, 0) is 44.4 Å². The maximum atomic E-state index is 4.65. The van der Waals surface area contributed by atoms with Crippen molar-refractivity contribution in [2.75, 3.05) is 13.1 Å². The molecule has 26 heavy (non-hydrogen) atoms. The van der Waals surface area contributed by atoms with Crippen molar-refractivity contribution in [1.29, 1.82) is 0 Å². The smallest absolute Gasteiger partial charge is 0.164 e. The number of rotatable bonds is 5. The molecule has 0 bridgehead atoms. The van der Waals surface area contributed by atoms with Crippen LogP contribution >= 0.6 is 0 Å². The zero-order chi connectivity index (χ0) is 17.3. The van der Waals surface area contributed by atoms with E-state index in [0.717, 1.165) is 31.1 Å². The van der Waals surface area contributed by atoms with E-state index in [4.69, 9.17) is 0 Å². The molecule has 0 amide bonds. The Morgan fingerprint density at radius 3 is 2.77 bits per heavy atom. The van der Waals surface area contributed by atoms with Crippen LogP contribution in [0.2, 0.25) is 0 Å². The molecule has 2 fully saturated rings. The molecule has 7 heteroatoms. The molecule has 3 heterocycles. The number of likely N-dealkylation sites (tertiary alicyclic amines) is 1. The van der Waals surface area contributed by atoms with Gasteiger partial charge in [-0.25, -0.2) is 9.67 Å². The van der Waals surface area contributed by atoms with E-state index < -0.39 is 0 Å². The van der Waals surface area contributed by atoms with Crippen molar-refractivity contribution in [2.45, 2.75) is 44.2 Å². The summed E-state index contributed by atoms with van der Waals surface area (Å²) >= 11 is 0. The van der Waals surface area contributed by atoms with Gasteiger partial charge in [0.1, 0.15) is 18.5 Å². The van der Waals surface area contributed by atoms with Gasteiger partial charge in [0.2, 0.25) is 0 Å². The van der Waals surface area contributed by atoms with Gasteiger partial charge in [0.15, 0.2) is 5.82 Å². The van der Waals surface area contributed by atoms with Crippen molar-refractivity contribution in [1.82, 2.24) is 34.4 Å². The highest BCUT2D eigenvalue weighted by Gasteiger charge is 2.31. The molecule has 1 aromatic carbocycles. The highest BCUT2D eigenvalue weighted by Crippen LogP contribution is 2.38. The summed E-state index contributed by atoms with van der Waals surface area (Å²) in [4.78, 5) is 6.96. The predicted octanol–water partition coefficient (Wildman–Crippen LogP) is 2.57. The van der Waals surface area contributed by atoms with Crippen LogP contribution in [0.1, 0.15) is 49.3 Å². The molecule has 3 aromatic rings. The first-order valence-corrected chi connectivity index (χ1v) is 9.44. The number of benzene rings is 1. The van der Waals surface area contributed by atoms with Gasteiger partial charge in [0.25, 0.3) is 0 Å². The van der Waals surface area contributed by atoms with Crippen LogP contribution in [-0.4, -0.2) is 47.5 Å². The van der Waals surface area contributed by atoms with Crippen LogP contribution in [0.4, 0.5) is 0 Å². The molecule has 0 radical (unpaired) electrons. The Kier molecular flexibility index (Phi) is 4.01. The van der Waals surface area contributed by atoms with E-state index in [1.54, 1.807) is 6.33 Å². The Balaban J connectivity index is 1.27. The third kappa shape index (κ3) is 3.14. The van der Waals surface area contributed by atoms with Crippen molar-refractivity contribution in [3.05, 3.63) is 54.6 Å². The summed E-state index contributed by atoms with van der Waals surface area (Å²) in [5.74, 6) is 2.50. The first kappa shape index (κ1) is 15.7. The van der Waals surface area contributed by atoms with Gasteiger partial charge in [-0.15, -0.1) is 15.3 Å². The molecule has 134 valence electrons. The van der Waals surface area contributed by atoms with Gasteiger partial charge >= 0.3 is 0 Å². The number of hydrogen-bond acceptors (Lipinski definition) is 5. The minimum atomic E-state index is 0.461. The molecular weight excluding hydrogens is 326 g/mol. The average molecular weight is 349 g/mol. The second-order valence-electron chi connectivity index (χ2n) is 7.34. The highest BCUT2D eigenvalue weighted by atomic mass is 15.3. The Morgan fingerprint density at radius 1 is 1.04 bits per heavy atom. The van der Waals surface area contributed by atoms with Crippen LogP contribution in [0.25, 0.3) is 5.69 Å². The van der Waals surface area contributed by atoms with E-state index in [1.165, 1.54) is 31.5 Å². The quantitative estimate of drug-likeness (QED) is 0.708. The standard InChI is InChI=1S/C19H23N7/c1-2-6-17(7-3-1)26-13-20-18(23-26)12-24-10-4-5-15(11-24)19-22-21-14-25(19)16-8-9-16/h1-3,6-7,13-16H,4-5,8-12H2. The fraction of sp³-hybridized carbons (Fsp3) is 0.474. The molecule has 1 saturated heterocycles. The Hall–Kier alpha value is -2.54. The first-order chi connectivity index (χ1) is 12.9. The van der Waals surface area contributed by atoms with Gasteiger partial charge in [-0.3, -0.25) is 4.90 Å². The van der Waals surface area contributed by atoms with Crippen LogP contribution in [0.15, 0.2) is 43.0 Å². The van der Waals surface area contributed by atoms with Gasteiger partial charge < -0.3 is 4.57 Å².